The maximum atomic E-state index is 13.8. The summed E-state index contributed by atoms with van der Waals surface area (Å²) in [6.45, 7) is 0.917. The fraction of sp³-hybridized carbons (Fsp3) is 0.429. The molecule has 4 nitrogen and oxygen atoms in total. The number of fused-ring (bicyclic) bond motifs is 1. The Hall–Kier alpha value is -1.63. The van der Waals surface area contributed by atoms with E-state index in [0.29, 0.717) is 42.9 Å². The summed E-state index contributed by atoms with van der Waals surface area (Å²) in [6.07, 6.45) is 1.12. The number of carbonyl (C=O) groups is 2. The lowest BCUT2D eigenvalue weighted by Crippen LogP contribution is -2.43. The predicted molar refractivity (Wildman–Crippen MR) is 76.5 cm³/mol. The van der Waals surface area contributed by atoms with Crippen LogP contribution in [-0.2, 0) is 11.2 Å². The number of nitrogens with zero attached hydrogens (tertiary/aromatic N) is 2. The normalized spacial score (nSPS) is 18.1. The average Bonchev–Trinajstić information content (AvgIpc) is 2.83. The second-order valence-electron chi connectivity index (χ2n) is 5.07. The average molecular weight is 312 g/mol. The summed E-state index contributed by atoms with van der Waals surface area (Å²) in [7, 11) is 0. The van der Waals surface area contributed by atoms with Crippen LogP contribution in [0, 0.1) is 11.6 Å². The zero-order chi connectivity index (χ0) is 15.0. The summed E-state index contributed by atoms with van der Waals surface area (Å²) in [5.41, 5.74) is 0.668. The highest BCUT2D eigenvalue weighted by Crippen LogP contribution is 2.30. The molecule has 2 amide bonds. The SMILES string of the molecule is O=C1SCCN1CC(=O)N1CCCc2c(F)cc(F)cc21. The van der Waals surface area contributed by atoms with Gasteiger partial charge in [0.15, 0.2) is 0 Å². The molecule has 2 aliphatic heterocycles. The van der Waals surface area contributed by atoms with Crippen molar-refractivity contribution in [3.63, 3.8) is 0 Å². The van der Waals surface area contributed by atoms with Crippen LogP contribution in [0.3, 0.4) is 0 Å². The maximum absolute atomic E-state index is 13.8. The van der Waals surface area contributed by atoms with Gasteiger partial charge in [-0.3, -0.25) is 9.59 Å². The van der Waals surface area contributed by atoms with Gasteiger partial charge >= 0.3 is 0 Å². The van der Waals surface area contributed by atoms with Crippen LogP contribution in [-0.4, -0.2) is 41.4 Å². The largest absolute Gasteiger partial charge is 0.323 e. The molecule has 1 aromatic carbocycles. The summed E-state index contributed by atoms with van der Waals surface area (Å²) < 4.78 is 27.2. The maximum Gasteiger partial charge on any atom is 0.282 e. The number of carbonyl (C=O) groups excluding carboxylic acids is 2. The molecule has 0 bridgehead atoms. The molecule has 2 aliphatic rings. The van der Waals surface area contributed by atoms with Gasteiger partial charge in [-0.1, -0.05) is 11.8 Å². The first kappa shape index (κ1) is 14.3. The molecule has 0 aliphatic carbocycles. The molecule has 1 fully saturated rings. The van der Waals surface area contributed by atoms with Crippen LogP contribution in [0.4, 0.5) is 19.3 Å². The minimum Gasteiger partial charge on any atom is -0.323 e. The highest BCUT2D eigenvalue weighted by molar-refractivity contribution is 8.13. The summed E-state index contributed by atoms with van der Waals surface area (Å²) in [5.74, 6) is -0.933. The van der Waals surface area contributed by atoms with E-state index in [4.69, 9.17) is 0 Å². The number of halogens is 2. The van der Waals surface area contributed by atoms with E-state index < -0.39 is 11.6 Å². The third kappa shape index (κ3) is 2.74. The van der Waals surface area contributed by atoms with Crippen LogP contribution in [0.5, 0.6) is 0 Å². The Morgan fingerprint density at radius 2 is 2.10 bits per heavy atom. The van der Waals surface area contributed by atoms with Crippen molar-refractivity contribution in [2.75, 3.05) is 30.3 Å². The molecule has 1 aromatic rings. The van der Waals surface area contributed by atoms with Gasteiger partial charge in [-0.15, -0.1) is 0 Å². The molecule has 0 N–H and O–H groups in total. The number of hydrogen-bond donors (Lipinski definition) is 0. The molecule has 0 atom stereocenters. The Labute approximate surface area is 125 Å². The molecule has 0 saturated carbocycles. The van der Waals surface area contributed by atoms with Crippen molar-refractivity contribution < 1.29 is 18.4 Å². The predicted octanol–water partition coefficient (Wildman–Crippen LogP) is 2.41. The zero-order valence-electron chi connectivity index (χ0n) is 11.3. The van der Waals surface area contributed by atoms with E-state index >= 15 is 0 Å². The molecular weight excluding hydrogens is 298 g/mol. The molecule has 0 radical (unpaired) electrons. The lowest BCUT2D eigenvalue weighted by atomic mass is 10.0. The lowest BCUT2D eigenvalue weighted by molar-refractivity contribution is -0.119. The van der Waals surface area contributed by atoms with Crippen LogP contribution in [0.25, 0.3) is 0 Å². The third-order valence-electron chi connectivity index (χ3n) is 3.71. The first-order valence-corrected chi connectivity index (χ1v) is 7.75. The van der Waals surface area contributed by atoms with Gasteiger partial charge < -0.3 is 9.80 Å². The molecule has 21 heavy (non-hydrogen) atoms. The van der Waals surface area contributed by atoms with Crippen LogP contribution in [0.1, 0.15) is 12.0 Å². The van der Waals surface area contributed by atoms with Gasteiger partial charge in [-0.05, 0) is 18.9 Å². The van der Waals surface area contributed by atoms with Gasteiger partial charge in [-0.25, -0.2) is 8.78 Å². The Kier molecular flexibility index (Phi) is 3.84. The number of benzene rings is 1. The third-order valence-corrected chi connectivity index (χ3v) is 4.60. The molecule has 0 spiro atoms. The van der Waals surface area contributed by atoms with E-state index in [-0.39, 0.29) is 17.7 Å². The van der Waals surface area contributed by atoms with Gasteiger partial charge in [0.05, 0.1) is 5.69 Å². The van der Waals surface area contributed by atoms with Gasteiger partial charge in [0.25, 0.3) is 5.24 Å². The van der Waals surface area contributed by atoms with E-state index in [0.717, 1.165) is 6.07 Å². The van der Waals surface area contributed by atoms with Crippen LogP contribution in [0.15, 0.2) is 12.1 Å². The summed E-state index contributed by atoms with van der Waals surface area (Å²) in [6, 6.07) is 2.03. The fourth-order valence-electron chi connectivity index (χ4n) is 2.69. The van der Waals surface area contributed by atoms with Gasteiger partial charge in [0.1, 0.15) is 18.2 Å². The van der Waals surface area contributed by atoms with E-state index in [1.165, 1.54) is 27.6 Å². The van der Waals surface area contributed by atoms with E-state index in [9.17, 15) is 18.4 Å². The molecule has 3 rings (SSSR count). The van der Waals surface area contributed by atoms with Crippen molar-refractivity contribution in [3.05, 3.63) is 29.3 Å². The quantitative estimate of drug-likeness (QED) is 0.842. The highest BCUT2D eigenvalue weighted by atomic mass is 32.2. The Morgan fingerprint density at radius 1 is 1.29 bits per heavy atom. The number of anilines is 1. The minimum absolute atomic E-state index is 0.0383. The Morgan fingerprint density at radius 3 is 2.81 bits per heavy atom. The molecule has 0 aromatic heterocycles. The van der Waals surface area contributed by atoms with Gasteiger partial charge in [0, 0.05) is 30.5 Å². The second-order valence-corrected chi connectivity index (χ2v) is 6.12. The standard InChI is InChI=1S/C14H14F2N2O2S/c15-9-6-11(16)10-2-1-3-18(12(10)7-9)13(19)8-17-4-5-21-14(17)20/h6-7H,1-5,8H2. The van der Waals surface area contributed by atoms with Crippen molar-refractivity contribution in [3.8, 4) is 0 Å². The highest BCUT2D eigenvalue weighted by Gasteiger charge is 2.29. The molecule has 1 saturated heterocycles. The first-order valence-electron chi connectivity index (χ1n) is 6.76. The van der Waals surface area contributed by atoms with Crippen molar-refractivity contribution in [2.45, 2.75) is 12.8 Å². The van der Waals surface area contributed by atoms with E-state index in [1.807, 2.05) is 0 Å². The number of rotatable bonds is 2. The lowest BCUT2D eigenvalue weighted by Gasteiger charge is -2.31. The smallest absolute Gasteiger partial charge is 0.282 e. The monoisotopic (exact) mass is 312 g/mol. The molecule has 2 heterocycles. The van der Waals surface area contributed by atoms with Crippen molar-refractivity contribution in [1.82, 2.24) is 4.90 Å². The molecular formula is C14H14F2N2O2S. The first-order chi connectivity index (χ1) is 10.1. The van der Waals surface area contributed by atoms with Crippen molar-refractivity contribution in [2.24, 2.45) is 0 Å². The summed E-state index contributed by atoms with van der Waals surface area (Å²) in [5, 5.41) is -0.119. The van der Waals surface area contributed by atoms with Crippen molar-refractivity contribution in [1.29, 1.82) is 0 Å². The van der Waals surface area contributed by atoms with Gasteiger partial charge in [-0.2, -0.15) is 0 Å². The number of thioether (sulfide) groups is 1. The number of hydrogen-bond acceptors (Lipinski definition) is 3. The van der Waals surface area contributed by atoms with E-state index in [1.54, 1.807) is 0 Å². The molecule has 7 heteroatoms. The fourth-order valence-corrected chi connectivity index (χ4v) is 3.51. The summed E-state index contributed by atoms with van der Waals surface area (Å²) >= 11 is 1.18. The summed E-state index contributed by atoms with van der Waals surface area (Å²) in [4.78, 5) is 26.8. The minimum atomic E-state index is -0.696. The van der Waals surface area contributed by atoms with Crippen LogP contribution < -0.4 is 4.90 Å². The Bertz CT molecular complexity index is 609. The second kappa shape index (κ2) is 5.63. The van der Waals surface area contributed by atoms with Crippen LogP contribution in [0.2, 0.25) is 0 Å². The van der Waals surface area contributed by atoms with Gasteiger partial charge in [0.2, 0.25) is 5.91 Å². The molecule has 112 valence electrons. The zero-order valence-corrected chi connectivity index (χ0v) is 12.1. The molecule has 0 unspecified atom stereocenters. The van der Waals surface area contributed by atoms with E-state index in [2.05, 4.69) is 0 Å². The number of amides is 2. The Balaban J connectivity index is 1.84. The topological polar surface area (TPSA) is 40.6 Å². The van der Waals surface area contributed by atoms with Crippen LogP contribution >= 0.6 is 11.8 Å². The van der Waals surface area contributed by atoms with Crippen molar-refractivity contribution >= 4 is 28.6 Å².